The molecule has 30 heavy (non-hydrogen) atoms. The molecule has 5 heterocycles. The van der Waals surface area contributed by atoms with Crippen molar-refractivity contribution in [1.82, 2.24) is 24.3 Å². The third kappa shape index (κ3) is 3.00. The number of hydrogen-bond donors (Lipinski definition) is 0. The Labute approximate surface area is 175 Å². The van der Waals surface area contributed by atoms with Crippen molar-refractivity contribution in [1.29, 1.82) is 0 Å². The van der Waals surface area contributed by atoms with E-state index in [0.717, 1.165) is 37.6 Å². The third-order valence-electron chi connectivity index (χ3n) is 6.66. The van der Waals surface area contributed by atoms with Gasteiger partial charge in [0.05, 0.1) is 6.04 Å². The molecule has 158 valence electrons. The molecule has 1 unspecified atom stereocenters. The summed E-state index contributed by atoms with van der Waals surface area (Å²) in [5, 5.41) is 0. The second-order valence-corrected chi connectivity index (χ2v) is 8.35. The molecule has 1 spiro atoms. The minimum atomic E-state index is -0.553. The molecular formula is C21H26N6O3. The lowest BCUT2D eigenvalue weighted by Crippen LogP contribution is -2.61. The first-order chi connectivity index (χ1) is 14.5. The lowest BCUT2D eigenvalue weighted by atomic mass is 9.83. The summed E-state index contributed by atoms with van der Waals surface area (Å²) in [4.78, 5) is 40.2. The van der Waals surface area contributed by atoms with E-state index in [2.05, 4.69) is 14.9 Å². The van der Waals surface area contributed by atoms with Crippen molar-refractivity contribution in [2.75, 3.05) is 37.6 Å². The molecule has 0 saturated carbocycles. The van der Waals surface area contributed by atoms with Crippen LogP contribution in [-0.4, -0.2) is 80.7 Å². The van der Waals surface area contributed by atoms with E-state index in [1.54, 1.807) is 6.20 Å². The van der Waals surface area contributed by atoms with Gasteiger partial charge in [-0.05, 0) is 25.1 Å². The number of aryl methyl sites for hydroxylation is 2. The van der Waals surface area contributed by atoms with Gasteiger partial charge in [0, 0.05) is 65.0 Å². The number of aromatic nitrogens is 3. The largest absolute Gasteiger partial charge is 0.440 e. The summed E-state index contributed by atoms with van der Waals surface area (Å²) in [5.41, 5.74) is 0.111. The highest BCUT2D eigenvalue weighted by atomic mass is 16.6. The van der Waals surface area contributed by atoms with Gasteiger partial charge in [-0.1, -0.05) is 0 Å². The van der Waals surface area contributed by atoms with Crippen molar-refractivity contribution < 1.29 is 14.3 Å². The maximum Gasteiger partial charge on any atom is 0.410 e. The van der Waals surface area contributed by atoms with Crippen LogP contribution in [0, 0.1) is 6.92 Å². The number of carbonyl (C=O) groups is 2. The van der Waals surface area contributed by atoms with Crippen molar-refractivity contribution in [2.24, 2.45) is 7.05 Å². The second-order valence-electron chi connectivity index (χ2n) is 8.35. The van der Waals surface area contributed by atoms with Crippen molar-refractivity contribution in [2.45, 2.75) is 31.4 Å². The summed E-state index contributed by atoms with van der Waals surface area (Å²) in [6.45, 7) is 4.92. The maximum atomic E-state index is 13.0. The maximum absolute atomic E-state index is 13.0. The average Bonchev–Trinajstić information content (AvgIpc) is 3.29. The zero-order valence-electron chi connectivity index (χ0n) is 17.3. The van der Waals surface area contributed by atoms with E-state index < -0.39 is 5.60 Å². The molecule has 2 amide bonds. The van der Waals surface area contributed by atoms with Crippen molar-refractivity contribution >= 4 is 17.8 Å². The smallest absolute Gasteiger partial charge is 0.410 e. The third-order valence-corrected chi connectivity index (χ3v) is 6.66. The van der Waals surface area contributed by atoms with Crippen LogP contribution in [0.1, 0.15) is 29.2 Å². The summed E-state index contributed by atoms with van der Waals surface area (Å²) in [6, 6.07) is 5.51. The van der Waals surface area contributed by atoms with E-state index >= 15 is 0 Å². The molecule has 1 atom stereocenters. The van der Waals surface area contributed by atoms with Gasteiger partial charge in [-0.15, -0.1) is 0 Å². The standard InChI is InChI=1S/C21H26N6O3/c1-15-22-8-5-18(23-15)25-10-6-21(7-11-25)17-14-26(12-13-27(17)20(29)30-21)19(28)16-4-3-9-24(16)2/h3-5,8-9,17H,6-7,10-14H2,1-2H3. The molecule has 3 aliphatic heterocycles. The fourth-order valence-corrected chi connectivity index (χ4v) is 4.95. The van der Waals surface area contributed by atoms with Gasteiger partial charge in [0.2, 0.25) is 0 Å². The fourth-order valence-electron chi connectivity index (χ4n) is 4.95. The number of piperazine rings is 1. The zero-order chi connectivity index (χ0) is 20.9. The van der Waals surface area contributed by atoms with Gasteiger partial charge in [-0.3, -0.25) is 9.69 Å². The number of amides is 2. The SMILES string of the molecule is Cc1nccc(N2CCC3(CC2)OC(=O)N2CCN(C(=O)c4cccn4C)CC23)n1. The molecule has 0 N–H and O–H groups in total. The Balaban J connectivity index is 1.33. The Hall–Kier alpha value is -3.10. The van der Waals surface area contributed by atoms with Gasteiger partial charge in [0.15, 0.2) is 0 Å². The minimum Gasteiger partial charge on any atom is -0.440 e. The quantitative estimate of drug-likeness (QED) is 0.745. The van der Waals surface area contributed by atoms with Crippen LogP contribution >= 0.6 is 0 Å². The van der Waals surface area contributed by atoms with Gasteiger partial charge >= 0.3 is 6.09 Å². The Bertz CT molecular complexity index is 981. The van der Waals surface area contributed by atoms with Crippen LogP contribution in [0.2, 0.25) is 0 Å². The summed E-state index contributed by atoms with van der Waals surface area (Å²) in [6.07, 6.45) is 4.83. The highest BCUT2D eigenvalue weighted by Crippen LogP contribution is 2.41. The molecule has 5 rings (SSSR count). The van der Waals surface area contributed by atoms with Crippen molar-refractivity contribution in [3.63, 3.8) is 0 Å². The van der Waals surface area contributed by atoms with E-state index in [4.69, 9.17) is 4.74 Å². The molecule has 2 aromatic heterocycles. The zero-order valence-corrected chi connectivity index (χ0v) is 17.3. The lowest BCUT2D eigenvalue weighted by molar-refractivity contribution is -0.00335. The predicted molar refractivity (Wildman–Crippen MR) is 109 cm³/mol. The van der Waals surface area contributed by atoms with E-state index in [1.165, 1.54) is 0 Å². The molecule has 9 heteroatoms. The number of ether oxygens (including phenoxy) is 1. The molecular weight excluding hydrogens is 384 g/mol. The molecule has 0 bridgehead atoms. The normalized spacial score (nSPS) is 22.9. The van der Waals surface area contributed by atoms with Gasteiger partial charge in [-0.25, -0.2) is 14.8 Å². The molecule has 0 aromatic carbocycles. The fraction of sp³-hybridized carbons (Fsp3) is 0.524. The number of hydrogen-bond acceptors (Lipinski definition) is 6. The summed E-state index contributed by atoms with van der Waals surface area (Å²) in [7, 11) is 1.87. The van der Waals surface area contributed by atoms with Crippen LogP contribution < -0.4 is 4.90 Å². The average molecular weight is 410 g/mol. The number of carbonyl (C=O) groups excluding carboxylic acids is 2. The van der Waals surface area contributed by atoms with Crippen LogP contribution in [0.3, 0.4) is 0 Å². The number of nitrogens with zero attached hydrogens (tertiary/aromatic N) is 6. The summed E-state index contributed by atoms with van der Waals surface area (Å²) in [5.74, 6) is 1.65. The first-order valence-corrected chi connectivity index (χ1v) is 10.4. The topological polar surface area (TPSA) is 83.8 Å². The Morgan fingerprint density at radius 1 is 1.20 bits per heavy atom. The van der Waals surface area contributed by atoms with Crippen molar-refractivity contribution in [3.05, 3.63) is 42.1 Å². The van der Waals surface area contributed by atoms with E-state index in [0.29, 0.717) is 25.3 Å². The second kappa shape index (κ2) is 7.00. The number of fused-ring (bicyclic) bond motifs is 2. The molecule has 2 aromatic rings. The van der Waals surface area contributed by atoms with Crippen molar-refractivity contribution in [3.8, 4) is 0 Å². The lowest BCUT2D eigenvalue weighted by Gasteiger charge is -2.45. The number of anilines is 1. The van der Waals surface area contributed by atoms with Gasteiger partial charge in [-0.2, -0.15) is 0 Å². The van der Waals surface area contributed by atoms with Crippen LogP contribution in [0.25, 0.3) is 0 Å². The molecule has 3 saturated heterocycles. The van der Waals surface area contributed by atoms with Gasteiger partial charge in [0.25, 0.3) is 5.91 Å². The highest BCUT2D eigenvalue weighted by molar-refractivity contribution is 5.93. The number of piperidine rings is 1. The molecule has 0 radical (unpaired) electrons. The van der Waals surface area contributed by atoms with Gasteiger partial charge < -0.3 is 19.1 Å². The monoisotopic (exact) mass is 410 g/mol. The van der Waals surface area contributed by atoms with E-state index in [1.807, 2.05) is 52.7 Å². The molecule has 0 aliphatic carbocycles. The molecule has 3 aliphatic rings. The first kappa shape index (κ1) is 18.9. The van der Waals surface area contributed by atoms with Crippen LogP contribution in [0.4, 0.5) is 10.6 Å². The Kier molecular flexibility index (Phi) is 4.41. The molecule has 9 nitrogen and oxygen atoms in total. The molecule has 3 fully saturated rings. The first-order valence-electron chi connectivity index (χ1n) is 10.4. The Morgan fingerprint density at radius 2 is 2.00 bits per heavy atom. The van der Waals surface area contributed by atoms with Crippen LogP contribution in [-0.2, 0) is 11.8 Å². The highest BCUT2D eigenvalue weighted by Gasteiger charge is 2.57. The summed E-state index contributed by atoms with van der Waals surface area (Å²) >= 11 is 0. The number of rotatable bonds is 2. The minimum absolute atomic E-state index is 0.00513. The Morgan fingerprint density at radius 3 is 2.70 bits per heavy atom. The summed E-state index contributed by atoms with van der Waals surface area (Å²) < 4.78 is 7.81. The van der Waals surface area contributed by atoms with Gasteiger partial charge in [0.1, 0.15) is 22.9 Å². The predicted octanol–water partition coefficient (Wildman–Crippen LogP) is 1.44. The van der Waals surface area contributed by atoms with E-state index in [-0.39, 0.29) is 18.0 Å². The van der Waals surface area contributed by atoms with Crippen LogP contribution in [0.15, 0.2) is 30.6 Å². The van der Waals surface area contributed by atoms with E-state index in [9.17, 15) is 9.59 Å². The van der Waals surface area contributed by atoms with Crippen LogP contribution in [0.5, 0.6) is 0 Å².